The average Bonchev–Trinajstić information content (AvgIpc) is 2.15. The van der Waals surface area contributed by atoms with Gasteiger partial charge < -0.3 is 9.47 Å². The number of carbonyl (C=O) groups excluding carboxylic acids is 1. The lowest BCUT2D eigenvalue weighted by molar-refractivity contribution is -0.274. The molecule has 6 heteroatoms. The molecule has 0 aliphatic carbocycles. The highest BCUT2D eigenvalue weighted by molar-refractivity contribution is 5.76. The molecular weight excluding hydrogens is 225 g/mol. The molecule has 1 aromatic carbocycles. The van der Waals surface area contributed by atoms with Crippen LogP contribution >= 0.6 is 0 Å². The fraction of sp³-hybridized carbons (Fsp3) is 0.300. The molecule has 0 aromatic heterocycles. The average molecular weight is 234 g/mol. The van der Waals surface area contributed by atoms with Gasteiger partial charge in [0.15, 0.2) is 0 Å². The SMILES string of the molecule is CCOc1cc(C=O)cc(OC(F)(F)F)c1. The monoisotopic (exact) mass is 234 g/mol. The van der Waals surface area contributed by atoms with E-state index in [1.54, 1.807) is 6.92 Å². The van der Waals surface area contributed by atoms with Crippen molar-refractivity contribution in [3.05, 3.63) is 23.8 Å². The quantitative estimate of drug-likeness (QED) is 0.751. The van der Waals surface area contributed by atoms with Gasteiger partial charge in [0.2, 0.25) is 0 Å². The van der Waals surface area contributed by atoms with Gasteiger partial charge in [-0.2, -0.15) is 0 Å². The van der Waals surface area contributed by atoms with E-state index in [2.05, 4.69) is 4.74 Å². The lowest BCUT2D eigenvalue weighted by atomic mass is 10.2. The summed E-state index contributed by atoms with van der Waals surface area (Å²) in [6.45, 7) is 1.96. The number of hydrogen-bond acceptors (Lipinski definition) is 3. The Morgan fingerprint density at radius 1 is 1.25 bits per heavy atom. The van der Waals surface area contributed by atoms with Gasteiger partial charge in [-0.05, 0) is 19.1 Å². The summed E-state index contributed by atoms with van der Waals surface area (Å²) in [6.07, 6.45) is -4.36. The van der Waals surface area contributed by atoms with Crippen molar-refractivity contribution in [1.82, 2.24) is 0 Å². The van der Waals surface area contributed by atoms with Crippen LogP contribution in [0.15, 0.2) is 18.2 Å². The lowest BCUT2D eigenvalue weighted by Gasteiger charge is -2.11. The fourth-order valence-corrected chi connectivity index (χ4v) is 1.10. The van der Waals surface area contributed by atoms with Gasteiger partial charge in [0.1, 0.15) is 17.8 Å². The number of halogens is 3. The topological polar surface area (TPSA) is 35.5 Å². The van der Waals surface area contributed by atoms with Gasteiger partial charge in [0.05, 0.1) is 6.61 Å². The highest BCUT2D eigenvalue weighted by Gasteiger charge is 2.31. The summed E-state index contributed by atoms with van der Waals surface area (Å²) in [5, 5.41) is 0. The smallest absolute Gasteiger partial charge is 0.494 e. The second-order valence-corrected chi connectivity index (χ2v) is 2.84. The predicted octanol–water partition coefficient (Wildman–Crippen LogP) is 2.80. The van der Waals surface area contributed by atoms with Crippen LogP contribution in [0, 0.1) is 0 Å². The van der Waals surface area contributed by atoms with Crippen molar-refractivity contribution in [2.75, 3.05) is 6.61 Å². The first-order valence-corrected chi connectivity index (χ1v) is 4.43. The summed E-state index contributed by atoms with van der Waals surface area (Å²) in [5.74, 6) is -0.313. The zero-order valence-corrected chi connectivity index (χ0v) is 8.38. The summed E-state index contributed by atoms with van der Waals surface area (Å²) in [5.41, 5.74) is 0.0604. The molecule has 0 aliphatic heterocycles. The maximum atomic E-state index is 11.9. The summed E-state index contributed by atoms with van der Waals surface area (Å²) in [4.78, 5) is 10.5. The number of aldehydes is 1. The molecule has 16 heavy (non-hydrogen) atoms. The molecule has 0 saturated carbocycles. The van der Waals surface area contributed by atoms with Crippen LogP contribution in [0.5, 0.6) is 11.5 Å². The van der Waals surface area contributed by atoms with Gasteiger partial charge in [-0.1, -0.05) is 0 Å². The van der Waals surface area contributed by atoms with Crippen LogP contribution < -0.4 is 9.47 Å². The van der Waals surface area contributed by atoms with Gasteiger partial charge in [-0.15, -0.1) is 13.2 Å². The Kier molecular flexibility index (Phi) is 3.76. The first kappa shape index (κ1) is 12.4. The van der Waals surface area contributed by atoms with E-state index < -0.39 is 12.1 Å². The van der Waals surface area contributed by atoms with E-state index in [1.807, 2.05) is 0 Å². The maximum Gasteiger partial charge on any atom is 0.573 e. The summed E-state index contributed by atoms with van der Waals surface area (Å²) in [6, 6.07) is 3.40. The molecule has 0 aliphatic rings. The molecule has 0 unspecified atom stereocenters. The van der Waals surface area contributed by atoms with E-state index in [0.29, 0.717) is 6.29 Å². The summed E-state index contributed by atoms with van der Waals surface area (Å²) >= 11 is 0. The molecule has 1 aromatic rings. The van der Waals surface area contributed by atoms with Gasteiger partial charge >= 0.3 is 6.36 Å². The molecule has 0 spiro atoms. The Bertz CT molecular complexity index is 374. The van der Waals surface area contributed by atoms with Gasteiger partial charge in [-0.25, -0.2) is 0 Å². The second kappa shape index (κ2) is 4.87. The van der Waals surface area contributed by atoms with Crippen LogP contribution in [-0.4, -0.2) is 19.3 Å². The third kappa shape index (κ3) is 3.80. The molecule has 0 radical (unpaired) electrons. The van der Waals surface area contributed by atoms with E-state index in [1.165, 1.54) is 6.07 Å². The van der Waals surface area contributed by atoms with Crippen LogP contribution in [-0.2, 0) is 0 Å². The molecule has 88 valence electrons. The number of carbonyl (C=O) groups is 1. The number of benzene rings is 1. The molecule has 3 nitrogen and oxygen atoms in total. The highest BCUT2D eigenvalue weighted by atomic mass is 19.4. The molecule has 0 fully saturated rings. The molecule has 0 N–H and O–H groups in total. The number of rotatable bonds is 4. The Balaban J connectivity index is 2.99. The minimum Gasteiger partial charge on any atom is -0.494 e. The predicted molar refractivity (Wildman–Crippen MR) is 49.7 cm³/mol. The van der Waals surface area contributed by atoms with E-state index >= 15 is 0 Å². The zero-order valence-electron chi connectivity index (χ0n) is 8.38. The standard InChI is InChI=1S/C10H9F3O3/c1-2-15-8-3-7(6-14)4-9(5-8)16-10(11,12)13/h3-6H,2H2,1H3. The molecule has 0 amide bonds. The third-order valence-electron chi connectivity index (χ3n) is 1.58. The Morgan fingerprint density at radius 2 is 1.88 bits per heavy atom. The van der Waals surface area contributed by atoms with Crippen molar-refractivity contribution in [3.63, 3.8) is 0 Å². The molecule has 0 atom stereocenters. The molecule has 0 saturated heterocycles. The normalized spacial score (nSPS) is 11.0. The van der Waals surface area contributed by atoms with Gasteiger partial charge in [-0.3, -0.25) is 4.79 Å². The van der Waals surface area contributed by atoms with Crippen molar-refractivity contribution >= 4 is 6.29 Å². The summed E-state index contributed by atoms with van der Waals surface area (Å²) in [7, 11) is 0. The van der Waals surface area contributed by atoms with Crippen molar-refractivity contribution in [3.8, 4) is 11.5 Å². The number of hydrogen-bond donors (Lipinski definition) is 0. The van der Waals surface area contributed by atoms with E-state index in [4.69, 9.17) is 4.74 Å². The molecule has 1 rings (SSSR count). The Hall–Kier alpha value is -1.72. The number of ether oxygens (including phenoxy) is 2. The summed E-state index contributed by atoms with van der Waals surface area (Å²) < 4.78 is 44.5. The van der Waals surface area contributed by atoms with Crippen molar-refractivity contribution in [2.45, 2.75) is 13.3 Å². The molecule has 0 bridgehead atoms. The van der Waals surface area contributed by atoms with E-state index in [9.17, 15) is 18.0 Å². The molecular formula is C10H9F3O3. The largest absolute Gasteiger partial charge is 0.573 e. The van der Waals surface area contributed by atoms with Crippen LogP contribution in [0.1, 0.15) is 17.3 Å². The van der Waals surface area contributed by atoms with Crippen LogP contribution in [0.2, 0.25) is 0 Å². The molecule has 0 heterocycles. The fourth-order valence-electron chi connectivity index (χ4n) is 1.10. The van der Waals surface area contributed by atoms with Crippen molar-refractivity contribution in [1.29, 1.82) is 0 Å². The van der Waals surface area contributed by atoms with E-state index in [0.717, 1.165) is 12.1 Å². The lowest BCUT2D eigenvalue weighted by Crippen LogP contribution is -2.17. The van der Waals surface area contributed by atoms with Gasteiger partial charge in [0, 0.05) is 11.6 Å². The third-order valence-corrected chi connectivity index (χ3v) is 1.58. The van der Waals surface area contributed by atoms with Crippen LogP contribution in [0.25, 0.3) is 0 Å². The zero-order chi connectivity index (χ0) is 12.2. The highest BCUT2D eigenvalue weighted by Crippen LogP contribution is 2.27. The minimum atomic E-state index is -4.79. The van der Waals surface area contributed by atoms with E-state index in [-0.39, 0.29) is 17.9 Å². The number of alkyl halides is 3. The first-order chi connectivity index (χ1) is 7.44. The van der Waals surface area contributed by atoms with Crippen LogP contribution in [0.4, 0.5) is 13.2 Å². The Morgan fingerprint density at radius 3 is 2.38 bits per heavy atom. The Labute approximate surface area is 89.8 Å². The van der Waals surface area contributed by atoms with Crippen molar-refractivity contribution < 1.29 is 27.4 Å². The first-order valence-electron chi connectivity index (χ1n) is 4.43. The van der Waals surface area contributed by atoms with Gasteiger partial charge in [0.25, 0.3) is 0 Å². The van der Waals surface area contributed by atoms with Crippen molar-refractivity contribution in [2.24, 2.45) is 0 Å². The minimum absolute atomic E-state index is 0.0604. The second-order valence-electron chi connectivity index (χ2n) is 2.84. The van der Waals surface area contributed by atoms with Crippen LogP contribution in [0.3, 0.4) is 0 Å². The maximum absolute atomic E-state index is 11.9.